The van der Waals surface area contributed by atoms with Crippen LogP contribution >= 0.6 is 0 Å². The molecule has 5 heteroatoms. The number of aldehydes is 1. The highest BCUT2D eigenvalue weighted by molar-refractivity contribution is 5.85. The monoisotopic (exact) mass is 430 g/mol. The van der Waals surface area contributed by atoms with Gasteiger partial charge in [-0.1, -0.05) is 50.1 Å². The number of carbonyl (C=O) groups excluding carboxylic acids is 1. The molecule has 1 unspecified atom stereocenters. The van der Waals surface area contributed by atoms with Gasteiger partial charge >= 0.3 is 0 Å². The number of carbonyl (C=O) groups is 1. The molecule has 168 valence electrons. The molecule has 32 heavy (non-hydrogen) atoms. The van der Waals surface area contributed by atoms with Gasteiger partial charge in [-0.15, -0.1) is 0 Å². The number of nitrogens with zero attached hydrogens (tertiary/aromatic N) is 4. The van der Waals surface area contributed by atoms with E-state index in [4.69, 9.17) is 5.10 Å². The average molecular weight is 431 g/mol. The summed E-state index contributed by atoms with van der Waals surface area (Å²) in [6.45, 7) is 5.51. The first-order valence-corrected chi connectivity index (χ1v) is 12.2. The molecule has 3 aromatic rings. The van der Waals surface area contributed by atoms with Crippen LogP contribution in [0.5, 0.6) is 0 Å². The Hall–Kier alpha value is -2.66. The van der Waals surface area contributed by atoms with Crippen molar-refractivity contribution in [2.45, 2.75) is 57.5 Å². The smallest absolute Gasteiger partial charge is 0.133 e. The summed E-state index contributed by atoms with van der Waals surface area (Å²) >= 11 is 0. The molecule has 5 nitrogen and oxygen atoms in total. The molecule has 0 spiro atoms. The second kappa shape index (κ2) is 9.45. The van der Waals surface area contributed by atoms with Crippen LogP contribution in [0.15, 0.2) is 48.5 Å². The van der Waals surface area contributed by atoms with Crippen molar-refractivity contribution in [1.29, 1.82) is 0 Å². The van der Waals surface area contributed by atoms with Gasteiger partial charge < -0.3 is 9.69 Å². The third-order valence-corrected chi connectivity index (χ3v) is 7.37. The van der Waals surface area contributed by atoms with E-state index in [1.54, 1.807) is 0 Å². The molecule has 1 atom stereocenters. The maximum absolute atomic E-state index is 11.3. The lowest BCUT2D eigenvalue weighted by Crippen LogP contribution is -2.54. The average Bonchev–Trinajstić information content (AvgIpc) is 3.48. The molecule has 2 aliphatic rings. The molecule has 1 aliphatic heterocycles. The standard InChI is InChI=1S/C27H34N4O/c1-2-26-25-13-12-23(19-27(25)31(28-26)22-10-6-7-11-22)30-15-14-29(16-17-32)24(20-30)18-21-8-4-3-5-9-21/h3-5,8-9,12-13,17,19,22,24H,2,6-7,10-11,14-16,18,20H2,1H3. The maximum Gasteiger partial charge on any atom is 0.133 e. The molecular weight excluding hydrogens is 396 g/mol. The van der Waals surface area contributed by atoms with Gasteiger partial charge in [0.1, 0.15) is 6.29 Å². The van der Waals surface area contributed by atoms with Gasteiger partial charge in [0.05, 0.1) is 23.8 Å². The van der Waals surface area contributed by atoms with Crippen LogP contribution in [0, 0.1) is 0 Å². The first-order valence-electron chi connectivity index (χ1n) is 12.2. The number of aromatic nitrogens is 2. The fraction of sp³-hybridized carbons (Fsp3) is 0.481. The van der Waals surface area contributed by atoms with E-state index in [9.17, 15) is 4.79 Å². The Bertz CT molecular complexity index is 1050. The van der Waals surface area contributed by atoms with Crippen molar-refractivity contribution in [2.75, 3.05) is 31.1 Å². The fourth-order valence-electron chi connectivity index (χ4n) is 5.62. The highest BCUT2D eigenvalue weighted by atomic mass is 16.1. The van der Waals surface area contributed by atoms with Crippen molar-refractivity contribution in [2.24, 2.45) is 0 Å². The lowest BCUT2D eigenvalue weighted by atomic mass is 10.0. The second-order valence-corrected chi connectivity index (χ2v) is 9.34. The first-order chi connectivity index (χ1) is 15.8. The summed E-state index contributed by atoms with van der Waals surface area (Å²) in [7, 11) is 0. The van der Waals surface area contributed by atoms with E-state index in [0.29, 0.717) is 18.6 Å². The van der Waals surface area contributed by atoms with Crippen LogP contribution in [-0.4, -0.2) is 53.2 Å². The summed E-state index contributed by atoms with van der Waals surface area (Å²) in [5, 5.41) is 6.34. The molecule has 2 aromatic carbocycles. The number of anilines is 1. The van der Waals surface area contributed by atoms with Crippen molar-refractivity contribution < 1.29 is 4.79 Å². The van der Waals surface area contributed by atoms with Crippen molar-refractivity contribution >= 4 is 22.9 Å². The molecular formula is C27H34N4O. The van der Waals surface area contributed by atoms with E-state index < -0.39 is 0 Å². The summed E-state index contributed by atoms with van der Waals surface area (Å²) in [5.41, 5.74) is 5.12. The zero-order valence-electron chi connectivity index (χ0n) is 19.1. The van der Waals surface area contributed by atoms with Crippen LogP contribution in [-0.2, 0) is 17.6 Å². The summed E-state index contributed by atoms with van der Waals surface area (Å²) in [6.07, 6.45) is 8.10. The molecule has 0 bridgehead atoms. The van der Waals surface area contributed by atoms with Crippen molar-refractivity contribution in [3.8, 4) is 0 Å². The summed E-state index contributed by atoms with van der Waals surface area (Å²) in [6, 6.07) is 18.5. The van der Waals surface area contributed by atoms with Crippen molar-refractivity contribution in [3.63, 3.8) is 0 Å². The van der Waals surface area contributed by atoms with E-state index in [1.807, 2.05) is 0 Å². The molecule has 0 amide bonds. The van der Waals surface area contributed by atoms with E-state index in [1.165, 1.54) is 53.5 Å². The Morgan fingerprint density at radius 2 is 1.88 bits per heavy atom. The van der Waals surface area contributed by atoms with Gasteiger partial charge in [-0.05, 0) is 49.4 Å². The quantitative estimate of drug-likeness (QED) is 0.512. The minimum absolute atomic E-state index is 0.331. The van der Waals surface area contributed by atoms with Gasteiger partial charge in [-0.25, -0.2) is 0 Å². The van der Waals surface area contributed by atoms with Crippen LogP contribution in [0.3, 0.4) is 0 Å². The van der Waals surface area contributed by atoms with Gasteiger partial charge in [0.25, 0.3) is 0 Å². The Balaban J connectivity index is 1.43. The Morgan fingerprint density at radius 1 is 1.06 bits per heavy atom. The normalized spacial score (nSPS) is 20.3. The molecule has 1 aromatic heterocycles. The Morgan fingerprint density at radius 3 is 2.62 bits per heavy atom. The predicted molar refractivity (Wildman–Crippen MR) is 130 cm³/mol. The first kappa shape index (κ1) is 21.2. The van der Waals surface area contributed by atoms with E-state index in [0.717, 1.165) is 38.8 Å². The van der Waals surface area contributed by atoms with Crippen LogP contribution in [0.25, 0.3) is 10.9 Å². The number of rotatable bonds is 7. The number of fused-ring (bicyclic) bond motifs is 1. The summed E-state index contributed by atoms with van der Waals surface area (Å²) in [4.78, 5) is 16.1. The summed E-state index contributed by atoms with van der Waals surface area (Å²) < 4.78 is 2.33. The van der Waals surface area contributed by atoms with Crippen LogP contribution in [0.2, 0.25) is 0 Å². The topological polar surface area (TPSA) is 41.4 Å². The van der Waals surface area contributed by atoms with E-state index >= 15 is 0 Å². The van der Waals surface area contributed by atoms with Gasteiger partial charge in [-0.2, -0.15) is 5.10 Å². The highest BCUT2D eigenvalue weighted by Crippen LogP contribution is 2.35. The highest BCUT2D eigenvalue weighted by Gasteiger charge is 2.28. The SMILES string of the molecule is CCc1nn(C2CCCC2)c2cc(N3CCN(CC=O)C(Cc4ccccc4)C3)ccc12. The lowest BCUT2D eigenvalue weighted by molar-refractivity contribution is -0.109. The molecule has 0 radical (unpaired) electrons. The molecule has 1 saturated heterocycles. The molecule has 0 N–H and O–H groups in total. The van der Waals surface area contributed by atoms with E-state index in [-0.39, 0.29) is 0 Å². The predicted octanol–water partition coefficient (Wildman–Crippen LogP) is 4.65. The van der Waals surface area contributed by atoms with Gasteiger partial charge in [-0.3, -0.25) is 9.58 Å². The fourth-order valence-corrected chi connectivity index (χ4v) is 5.62. The van der Waals surface area contributed by atoms with Crippen LogP contribution < -0.4 is 4.90 Å². The van der Waals surface area contributed by atoms with Gasteiger partial charge in [0.15, 0.2) is 0 Å². The van der Waals surface area contributed by atoms with Crippen molar-refractivity contribution in [3.05, 3.63) is 59.8 Å². The van der Waals surface area contributed by atoms with E-state index in [2.05, 4.69) is 69.9 Å². The van der Waals surface area contributed by atoms with Crippen LogP contribution in [0.4, 0.5) is 5.69 Å². The zero-order valence-corrected chi connectivity index (χ0v) is 19.1. The molecule has 1 aliphatic carbocycles. The molecule has 2 fully saturated rings. The largest absolute Gasteiger partial charge is 0.369 e. The number of aryl methyl sites for hydroxylation is 1. The zero-order chi connectivity index (χ0) is 21.9. The minimum Gasteiger partial charge on any atom is -0.369 e. The number of piperazine rings is 1. The Kier molecular flexibility index (Phi) is 6.26. The summed E-state index contributed by atoms with van der Waals surface area (Å²) in [5.74, 6) is 0. The molecule has 2 heterocycles. The van der Waals surface area contributed by atoms with Gasteiger partial charge in [0, 0.05) is 36.7 Å². The number of benzene rings is 2. The third-order valence-electron chi connectivity index (χ3n) is 7.37. The van der Waals surface area contributed by atoms with Crippen LogP contribution in [0.1, 0.15) is 49.9 Å². The number of hydrogen-bond acceptors (Lipinski definition) is 4. The maximum atomic E-state index is 11.3. The number of hydrogen-bond donors (Lipinski definition) is 0. The second-order valence-electron chi connectivity index (χ2n) is 9.34. The van der Waals surface area contributed by atoms with Crippen molar-refractivity contribution in [1.82, 2.24) is 14.7 Å². The molecule has 5 rings (SSSR count). The third kappa shape index (κ3) is 4.18. The van der Waals surface area contributed by atoms with Gasteiger partial charge in [0.2, 0.25) is 0 Å². The Labute approximate surface area is 191 Å². The lowest BCUT2D eigenvalue weighted by Gasteiger charge is -2.42. The minimum atomic E-state index is 0.331. The molecule has 1 saturated carbocycles.